The van der Waals surface area contributed by atoms with Crippen LogP contribution in [0.15, 0.2) is 18.2 Å². The van der Waals surface area contributed by atoms with E-state index in [1.165, 1.54) is 0 Å². The van der Waals surface area contributed by atoms with Crippen molar-refractivity contribution in [2.75, 3.05) is 18.6 Å². The average Bonchev–Trinajstić information content (AvgIpc) is 2.41. The first-order valence-electron chi connectivity index (χ1n) is 5.46. The van der Waals surface area contributed by atoms with Gasteiger partial charge in [0, 0.05) is 12.6 Å². The highest BCUT2D eigenvalue weighted by Crippen LogP contribution is 2.35. The Hall–Kier alpha value is -1.84. The fourth-order valence-electron chi connectivity index (χ4n) is 1.88. The lowest BCUT2D eigenvalue weighted by Crippen LogP contribution is -2.39. The number of nitrogens with zero attached hydrogens (tertiary/aromatic N) is 1. The summed E-state index contributed by atoms with van der Waals surface area (Å²) >= 11 is 0. The van der Waals surface area contributed by atoms with Gasteiger partial charge in [-0.05, 0) is 32.0 Å². The molecule has 0 atom stereocenters. The number of hydrogen-bond donors (Lipinski definition) is 0. The van der Waals surface area contributed by atoms with Crippen LogP contribution >= 0.6 is 0 Å². The van der Waals surface area contributed by atoms with Gasteiger partial charge in [0.05, 0.1) is 11.1 Å². The van der Waals surface area contributed by atoms with Gasteiger partial charge in [0.2, 0.25) is 5.91 Å². The predicted octanol–water partition coefficient (Wildman–Crippen LogP) is 1.88. The van der Waals surface area contributed by atoms with Crippen LogP contribution in [-0.2, 0) is 4.79 Å². The first-order valence-corrected chi connectivity index (χ1v) is 5.46. The van der Waals surface area contributed by atoms with Crippen molar-refractivity contribution >= 4 is 17.9 Å². The van der Waals surface area contributed by atoms with Crippen LogP contribution in [0.4, 0.5) is 5.69 Å². The molecule has 4 nitrogen and oxygen atoms in total. The molecular weight excluding hydrogens is 218 g/mol. The Kier molecular flexibility index (Phi) is 2.65. The molecular formula is C13H15NO3. The molecule has 1 heterocycles. The van der Waals surface area contributed by atoms with E-state index < -0.39 is 5.41 Å². The Balaban J connectivity index is 2.52. The minimum absolute atomic E-state index is 0.0145. The molecule has 1 aromatic rings. The molecule has 1 aliphatic rings. The molecule has 0 radical (unpaired) electrons. The van der Waals surface area contributed by atoms with Gasteiger partial charge in [-0.25, -0.2) is 0 Å². The zero-order chi connectivity index (χ0) is 12.6. The summed E-state index contributed by atoms with van der Waals surface area (Å²) in [7, 11) is 1.70. The summed E-state index contributed by atoms with van der Waals surface area (Å²) in [5.74, 6) is 0.622. The van der Waals surface area contributed by atoms with E-state index in [9.17, 15) is 9.59 Å². The van der Waals surface area contributed by atoms with Crippen LogP contribution in [0.1, 0.15) is 24.2 Å². The number of ether oxygens (including phenoxy) is 1. The smallest absolute Gasteiger partial charge is 0.235 e. The molecule has 17 heavy (non-hydrogen) atoms. The maximum Gasteiger partial charge on any atom is 0.235 e. The molecule has 0 saturated heterocycles. The summed E-state index contributed by atoms with van der Waals surface area (Å²) in [6.45, 7) is 4.03. The van der Waals surface area contributed by atoms with Crippen LogP contribution in [0.2, 0.25) is 0 Å². The summed E-state index contributed by atoms with van der Waals surface area (Å²) in [6.07, 6.45) is 0.759. The average molecular weight is 233 g/mol. The molecule has 0 unspecified atom stereocenters. The molecule has 0 fully saturated rings. The van der Waals surface area contributed by atoms with Gasteiger partial charge in [-0.1, -0.05) is 0 Å². The number of amides is 1. The fraction of sp³-hybridized carbons (Fsp3) is 0.385. The maximum atomic E-state index is 12.2. The molecule has 0 N–H and O–H groups in total. The highest BCUT2D eigenvalue weighted by molar-refractivity contribution is 5.99. The van der Waals surface area contributed by atoms with Gasteiger partial charge >= 0.3 is 0 Å². The number of carbonyl (C=O) groups is 2. The second-order valence-corrected chi connectivity index (χ2v) is 4.88. The number of fused-ring (bicyclic) bond motifs is 1. The van der Waals surface area contributed by atoms with Gasteiger partial charge in [0.15, 0.2) is 0 Å². The lowest BCUT2D eigenvalue weighted by Gasteiger charge is -2.24. The Morgan fingerprint density at radius 2 is 2.12 bits per heavy atom. The van der Waals surface area contributed by atoms with Crippen molar-refractivity contribution in [3.63, 3.8) is 0 Å². The first kappa shape index (κ1) is 11.6. The van der Waals surface area contributed by atoms with Gasteiger partial charge in [-0.2, -0.15) is 0 Å². The molecule has 1 amide bonds. The molecule has 0 aromatic heterocycles. The largest absolute Gasteiger partial charge is 0.490 e. The van der Waals surface area contributed by atoms with E-state index in [4.69, 9.17) is 4.74 Å². The molecule has 0 saturated carbocycles. The third-order valence-electron chi connectivity index (χ3n) is 2.95. The maximum absolute atomic E-state index is 12.2. The molecule has 1 aliphatic heterocycles. The molecule has 0 bridgehead atoms. The number of hydrogen-bond acceptors (Lipinski definition) is 3. The van der Waals surface area contributed by atoms with Crippen LogP contribution in [0.3, 0.4) is 0 Å². The molecule has 0 aliphatic carbocycles. The Morgan fingerprint density at radius 3 is 2.76 bits per heavy atom. The lowest BCUT2D eigenvalue weighted by molar-refractivity contribution is -0.127. The molecule has 90 valence electrons. The number of benzene rings is 1. The van der Waals surface area contributed by atoms with Gasteiger partial charge in [0.1, 0.15) is 18.6 Å². The second-order valence-electron chi connectivity index (χ2n) is 4.88. The second kappa shape index (κ2) is 3.87. The number of rotatable bonds is 1. The van der Waals surface area contributed by atoms with E-state index in [0.29, 0.717) is 23.6 Å². The summed E-state index contributed by atoms with van der Waals surface area (Å²) in [6, 6.07) is 5.08. The van der Waals surface area contributed by atoms with Gasteiger partial charge < -0.3 is 9.64 Å². The van der Waals surface area contributed by atoms with E-state index in [2.05, 4.69) is 0 Å². The van der Waals surface area contributed by atoms with Crippen molar-refractivity contribution in [1.82, 2.24) is 0 Å². The van der Waals surface area contributed by atoms with E-state index in [-0.39, 0.29) is 5.91 Å². The summed E-state index contributed by atoms with van der Waals surface area (Å²) in [4.78, 5) is 24.5. The van der Waals surface area contributed by atoms with Crippen molar-refractivity contribution in [2.45, 2.75) is 13.8 Å². The minimum atomic E-state index is -0.560. The SMILES string of the molecule is CN1C(=O)C(C)(C)COc2ccc(C=O)cc21. The fourth-order valence-corrected chi connectivity index (χ4v) is 1.88. The summed E-state index contributed by atoms with van der Waals surface area (Å²) in [5.41, 5.74) is 0.617. The van der Waals surface area contributed by atoms with E-state index >= 15 is 0 Å². The van der Waals surface area contributed by atoms with Crippen molar-refractivity contribution in [3.8, 4) is 5.75 Å². The standard InChI is InChI=1S/C13H15NO3/c1-13(2)8-17-11-5-4-9(7-15)6-10(11)14(3)12(13)16/h4-7H,8H2,1-3H3. The number of anilines is 1. The van der Waals surface area contributed by atoms with Crippen molar-refractivity contribution in [3.05, 3.63) is 23.8 Å². The quantitative estimate of drug-likeness (QED) is 0.696. The first-order chi connectivity index (χ1) is 7.95. The Morgan fingerprint density at radius 1 is 1.41 bits per heavy atom. The lowest BCUT2D eigenvalue weighted by atomic mass is 9.93. The van der Waals surface area contributed by atoms with Gasteiger partial charge in [-0.3, -0.25) is 9.59 Å². The van der Waals surface area contributed by atoms with Crippen molar-refractivity contribution in [1.29, 1.82) is 0 Å². The zero-order valence-electron chi connectivity index (χ0n) is 10.2. The highest BCUT2D eigenvalue weighted by Gasteiger charge is 2.35. The number of aldehydes is 1. The molecule has 2 rings (SSSR count). The zero-order valence-corrected chi connectivity index (χ0v) is 10.2. The topological polar surface area (TPSA) is 46.6 Å². The van der Waals surface area contributed by atoms with E-state index in [0.717, 1.165) is 6.29 Å². The monoisotopic (exact) mass is 233 g/mol. The molecule has 4 heteroatoms. The third kappa shape index (κ3) is 1.90. The van der Waals surface area contributed by atoms with Gasteiger partial charge in [0.25, 0.3) is 0 Å². The normalized spacial score (nSPS) is 18.1. The highest BCUT2D eigenvalue weighted by atomic mass is 16.5. The third-order valence-corrected chi connectivity index (χ3v) is 2.95. The number of carbonyl (C=O) groups excluding carboxylic acids is 2. The molecule has 1 aromatic carbocycles. The minimum Gasteiger partial charge on any atom is -0.490 e. The summed E-state index contributed by atoms with van der Waals surface area (Å²) < 4.78 is 5.63. The van der Waals surface area contributed by atoms with Crippen LogP contribution < -0.4 is 9.64 Å². The Bertz CT molecular complexity index is 480. The Labute approximate surface area is 100 Å². The van der Waals surface area contributed by atoms with Crippen molar-refractivity contribution < 1.29 is 14.3 Å². The van der Waals surface area contributed by atoms with Crippen LogP contribution in [0.5, 0.6) is 5.75 Å². The van der Waals surface area contributed by atoms with E-state index in [1.807, 2.05) is 13.8 Å². The molecule has 0 spiro atoms. The predicted molar refractivity (Wildman–Crippen MR) is 64.5 cm³/mol. The van der Waals surface area contributed by atoms with Crippen LogP contribution in [0, 0.1) is 5.41 Å². The van der Waals surface area contributed by atoms with Crippen molar-refractivity contribution in [2.24, 2.45) is 5.41 Å². The van der Waals surface area contributed by atoms with E-state index in [1.54, 1.807) is 30.1 Å². The van der Waals surface area contributed by atoms with Gasteiger partial charge in [-0.15, -0.1) is 0 Å². The summed E-state index contributed by atoms with van der Waals surface area (Å²) in [5, 5.41) is 0. The van der Waals surface area contributed by atoms with Crippen LogP contribution in [-0.4, -0.2) is 25.8 Å². The van der Waals surface area contributed by atoms with Crippen LogP contribution in [0.25, 0.3) is 0 Å².